The number of rotatable bonds is 0. The van der Waals surface area contributed by atoms with Gasteiger partial charge in [-0.3, -0.25) is 0 Å². The van der Waals surface area contributed by atoms with Crippen molar-refractivity contribution in [2.24, 2.45) is 0 Å². The fourth-order valence-corrected chi connectivity index (χ4v) is 0. The van der Waals surface area contributed by atoms with Crippen molar-refractivity contribution in [3.8, 4) is 0 Å². The molecule has 0 aliphatic carbocycles. The van der Waals surface area contributed by atoms with Crippen molar-refractivity contribution in [3.05, 3.63) is 0 Å². The molecule has 0 aromatic heterocycles. The number of hydrogen-bond acceptors (Lipinski definition) is 0. The Morgan fingerprint density at radius 1 is 1.25 bits per heavy atom. The Labute approximate surface area is 89.7 Å². The fourth-order valence-electron chi connectivity index (χ4n) is 0. The van der Waals surface area contributed by atoms with Crippen LogP contribution in [0.4, 0.5) is 0 Å². The Bertz CT molecular complexity index is 8.00. The molecule has 0 aliphatic heterocycles. The average molecular weight is 126 g/mol. The van der Waals surface area contributed by atoms with E-state index in [2.05, 4.69) is 0 Å². The summed E-state index contributed by atoms with van der Waals surface area (Å²) in [5.41, 5.74) is 0. The van der Waals surface area contributed by atoms with Crippen LogP contribution < -0.4 is 0 Å². The van der Waals surface area contributed by atoms with E-state index in [0.717, 1.165) is 0 Å². The third-order valence-corrected chi connectivity index (χ3v) is 0. The molecule has 0 aromatic rings. The van der Waals surface area contributed by atoms with E-state index in [1.807, 2.05) is 0 Å². The van der Waals surface area contributed by atoms with E-state index < -0.39 is 0 Å². The molecule has 0 N–H and O–H groups in total. The molecule has 0 spiro atoms. The van der Waals surface area contributed by atoms with E-state index in [1.54, 1.807) is 0 Å². The minimum atomic E-state index is 0. The standard InChI is InChI=1S/Al.Ca.Na.H3Si.5H/h;;;1H3;;;;;. The monoisotopic (exact) mass is 126 g/mol. The van der Waals surface area contributed by atoms with E-state index in [4.69, 9.17) is 0 Å². The summed E-state index contributed by atoms with van der Waals surface area (Å²) in [6.45, 7) is 0. The Morgan fingerprint density at radius 2 is 1.25 bits per heavy atom. The summed E-state index contributed by atoms with van der Waals surface area (Å²) in [7, 11) is 1.44. The van der Waals surface area contributed by atoms with Gasteiger partial charge in [-0.05, 0) is 0 Å². The third kappa shape index (κ3) is 8.89. The molecule has 0 saturated heterocycles. The Balaban J connectivity index is -0.00000000500. The average Bonchev–Trinajstić information content (AvgIpc) is 1.00. The summed E-state index contributed by atoms with van der Waals surface area (Å²) < 4.78 is 0. The van der Waals surface area contributed by atoms with Gasteiger partial charge in [0.25, 0.3) is 0 Å². The molecule has 0 aliphatic rings. The van der Waals surface area contributed by atoms with E-state index in [9.17, 15) is 0 Å². The van der Waals surface area contributed by atoms with Gasteiger partial charge < -0.3 is 0 Å². The van der Waals surface area contributed by atoms with Crippen LogP contribution in [0, 0.1) is 0 Å². The van der Waals surface area contributed by atoms with E-state index in [1.165, 1.54) is 24.4 Å². The predicted octanol–water partition coefficient (Wildman–Crippen LogP) is -3.66. The van der Waals surface area contributed by atoms with Crippen LogP contribution in [0.15, 0.2) is 0 Å². The first kappa shape index (κ1) is 15.7. The molecule has 0 atom stereocenters. The zero-order valence-electron chi connectivity index (χ0n) is 2.00. The molecule has 0 radical (unpaired) electrons. The Hall–Kier alpha value is 3.01. The van der Waals surface area contributed by atoms with Crippen molar-refractivity contribution in [1.82, 2.24) is 0 Å². The van der Waals surface area contributed by atoms with Crippen LogP contribution in [0.1, 0.15) is 0 Å². The van der Waals surface area contributed by atoms with Crippen molar-refractivity contribution in [2.75, 3.05) is 0 Å². The summed E-state index contributed by atoms with van der Waals surface area (Å²) in [5.74, 6) is 0. The zero-order chi connectivity index (χ0) is 2.00. The zero-order valence-corrected chi connectivity index (χ0v) is 6.00. The summed E-state index contributed by atoms with van der Waals surface area (Å²) in [4.78, 5) is 0. The summed E-state index contributed by atoms with van der Waals surface area (Å²) in [6, 6.07) is 0. The summed E-state index contributed by atoms with van der Waals surface area (Å²) >= 11 is 1.44. The third-order valence-electron chi connectivity index (χ3n) is 0. The molecule has 4 heteroatoms. The first-order valence-electron chi connectivity index (χ1n) is 1.00. The van der Waals surface area contributed by atoms with Crippen LogP contribution in [-0.4, -0.2) is 91.7 Å². The normalized spacial score (nSPS) is 2.00. The quantitative estimate of drug-likeness (QED) is 0.293. The van der Waals surface area contributed by atoms with Crippen molar-refractivity contribution < 1.29 is 0 Å². The van der Waals surface area contributed by atoms with Gasteiger partial charge in [-0.15, -0.1) is 0 Å². The van der Waals surface area contributed by atoms with Crippen LogP contribution >= 0.6 is 0 Å². The van der Waals surface area contributed by atoms with E-state index in [0.29, 0.717) is 0 Å². The molecule has 0 amide bonds. The van der Waals surface area contributed by atoms with Crippen molar-refractivity contribution in [3.63, 3.8) is 0 Å². The van der Waals surface area contributed by atoms with Crippen LogP contribution in [0.2, 0.25) is 0 Å². The van der Waals surface area contributed by atoms with Gasteiger partial charge in [-0.2, -0.15) is 0 Å². The Morgan fingerprint density at radius 3 is 1.25 bits per heavy atom. The van der Waals surface area contributed by atoms with E-state index in [-0.39, 0.29) is 67.3 Å². The molecule has 0 saturated carbocycles. The van der Waals surface area contributed by atoms with Gasteiger partial charge in [0.15, 0.2) is 15.6 Å². The van der Waals surface area contributed by atoms with Gasteiger partial charge in [0.05, 0.1) is 0 Å². The number of hydrogen-bond donors (Lipinski definition) is 0. The second kappa shape index (κ2) is 16.7. The molecule has 0 fully saturated rings. The molecule has 0 unspecified atom stereocenters. The second-order valence-electron chi connectivity index (χ2n) is 0. The topological polar surface area (TPSA) is 0 Å². The second-order valence-corrected chi connectivity index (χ2v) is 0. The van der Waals surface area contributed by atoms with Crippen molar-refractivity contribution in [2.45, 2.75) is 0 Å². The molecule has 0 bridgehead atoms. The van der Waals surface area contributed by atoms with Crippen molar-refractivity contribution in [1.29, 1.82) is 0 Å². The maximum absolute atomic E-state index is 1.44. The first-order valence-corrected chi connectivity index (χ1v) is 9.00. The van der Waals surface area contributed by atoms with Crippen LogP contribution in [0.25, 0.3) is 0 Å². The molecular weight excluding hydrogens is 118 g/mol. The summed E-state index contributed by atoms with van der Waals surface area (Å²) in [5, 5.41) is 0. The van der Waals surface area contributed by atoms with E-state index >= 15 is 0 Å². The molecular formula is H8AlCaNaSi. The maximum atomic E-state index is 1.44. The SMILES string of the molecule is [AlH2][SiH3].[CaH2].[NaH]. The molecule has 18 valence electrons. The van der Waals surface area contributed by atoms with Gasteiger partial charge in [0.2, 0.25) is 0 Å². The van der Waals surface area contributed by atoms with Crippen LogP contribution in [0.3, 0.4) is 0 Å². The van der Waals surface area contributed by atoms with Crippen LogP contribution in [0.5, 0.6) is 0 Å². The first-order chi connectivity index (χ1) is 1.00. The molecule has 0 heterocycles. The fraction of sp³-hybridized carbons (Fsp3) is 0. The minimum absolute atomic E-state index is 0. The Kier molecular flexibility index (Phi) is 65.6. The van der Waals surface area contributed by atoms with Gasteiger partial charge in [-0.1, -0.05) is 8.80 Å². The van der Waals surface area contributed by atoms with Crippen molar-refractivity contribution >= 4 is 91.7 Å². The molecule has 0 nitrogen and oxygen atoms in total. The van der Waals surface area contributed by atoms with Gasteiger partial charge in [0, 0.05) is 0 Å². The van der Waals surface area contributed by atoms with Gasteiger partial charge in [-0.25, -0.2) is 0 Å². The van der Waals surface area contributed by atoms with Gasteiger partial charge in [0.1, 0.15) is 0 Å². The van der Waals surface area contributed by atoms with Gasteiger partial charge >= 0.3 is 67.3 Å². The van der Waals surface area contributed by atoms with Crippen LogP contribution in [-0.2, 0) is 0 Å². The molecule has 0 aromatic carbocycles. The molecule has 4 heavy (non-hydrogen) atoms. The predicted molar refractivity (Wildman–Crippen MR) is 34.2 cm³/mol. The molecule has 0 rings (SSSR count). The summed E-state index contributed by atoms with van der Waals surface area (Å²) in [6.07, 6.45) is 0.